The van der Waals surface area contributed by atoms with Crippen LogP contribution in [0, 0.1) is 0 Å². The second-order valence-electron chi connectivity index (χ2n) is 5.38. The number of carbonyl (C=O) groups is 1. The molecule has 5 heteroatoms. The van der Waals surface area contributed by atoms with Gasteiger partial charge in [-0.25, -0.2) is 4.79 Å². The average molecular weight is 260 g/mol. The molecule has 2 N–H and O–H groups in total. The van der Waals surface area contributed by atoms with Gasteiger partial charge in [-0.05, 0) is 6.42 Å². The Kier molecular flexibility index (Phi) is 7.34. The first kappa shape index (κ1) is 16.3. The van der Waals surface area contributed by atoms with Gasteiger partial charge in [-0.15, -0.1) is 0 Å². The molecule has 17 heavy (non-hydrogen) atoms. The zero-order chi connectivity index (χ0) is 13.5. The van der Waals surface area contributed by atoms with Gasteiger partial charge in [-0.1, -0.05) is 38.7 Å². The van der Waals surface area contributed by atoms with E-state index in [0.717, 1.165) is 18.5 Å². The van der Waals surface area contributed by atoms with Crippen LogP contribution in [0.1, 0.15) is 12.8 Å². The maximum atomic E-state index is 11.1. The highest BCUT2D eigenvalue weighted by Crippen LogP contribution is 2.17. The van der Waals surface area contributed by atoms with Gasteiger partial charge in [0.1, 0.15) is 12.2 Å². The molecule has 0 fully saturated rings. The molecule has 0 aromatic carbocycles. The minimum atomic E-state index is -1.12. The van der Waals surface area contributed by atoms with Crippen LogP contribution in [0.25, 0.3) is 0 Å². The Morgan fingerprint density at radius 2 is 2.06 bits per heavy atom. The molecule has 0 spiro atoms. The molecule has 0 aromatic rings. The first-order valence-corrected chi connectivity index (χ1v) is 9.63. The van der Waals surface area contributed by atoms with Crippen molar-refractivity contribution in [3.05, 3.63) is 12.7 Å². The third-order valence-electron chi connectivity index (χ3n) is 2.47. The second-order valence-corrected chi connectivity index (χ2v) is 11.0. The van der Waals surface area contributed by atoms with Crippen LogP contribution in [0.2, 0.25) is 25.7 Å². The van der Waals surface area contributed by atoms with Crippen molar-refractivity contribution in [3.8, 4) is 0 Å². The lowest BCUT2D eigenvalue weighted by Crippen LogP contribution is -2.34. The quantitative estimate of drug-likeness (QED) is 0.395. The molecule has 0 saturated carbocycles. The van der Waals surface area contributed by atoms with Gasteiger partial charge in [-0.2, -0.15) is 0 Å². The van der Waals surface area contributed by atoms with Crippen LogP contribution in [0.5, 0.6) is 0 Å². The normalized spacial score (nSPS) is 15.1. The fourth-order valence-electron chi connectivity index (χ4n) is 1.48. The fourth-order valence-corrected chi connectivity index (χ4v) is 2.74. The van der Waals surface area contributed by atoms with Crippen molar-refractivity contribution < 1.29 is 19.7 Å². The first-order valence-electron chi connectivity index (χ1n) is 5.92. The summed E-state index contributed by atoms with van der Waals surface area (Å²) in [5, 5.41) is 18.4. The third-order valence-corrected chi connectivity index (χ3v) is 4.32. The summed E-state index contributed by atoms with van der Waals surface area (Å²) < 4.78 is 5.02. The molecule has 0 amide bonds. The van der Waals surface area contributed by atoms with Crippen LogP contribution in [0.15, 0.2) is 12.7 Å². The van der Waals surface area contributed by atoms with Crippen LogP contribution in [-0.2, 0) is 9.53 Å². The molecule has 0 aliphatic rings. The van der Waals surface area contributed by atoms with Crippen molar-refractivity contribution in [2.24, 2.45) is 0 Å². The highest BCUT2D eigenvalue weighted by molar-refractivity contribution is 6.76. The molecule has 0 aliphatic heterocycles. The number of ether oxygens (including phenoxy) is 1. The second kappa shape index (κ2) is 7.63. The summed E-state index contributed by atoms with van der Waals surface area (Å²) >= 11 is 0. The van der Waals surface area contributed by atoms with Gasteiger partial charge in [0, 0.05) is 14.1 Å². The number of hydrogen-bond donors (Lipinski definition) is 2. The van der Waals surface area contributed by atoms with Gasteiger partial charge in [0.15, 0.2) is 0 Å². The van der Waals surface area contributed by atoms with Crippen LogP contribution >= 0.6 is 0 Å². The molecule has 0 saturated heterocycles. The summed E-state index contributed by atoms with van der Waals surface area (Å²) in [6.07, 6.45) is 0.880. The summed E-state index contributed by atoms with van der Waals surface area (Å²) in [6.45, 7) is 9.70. The molecule has 2 unspecified atom stereocenters. The molecule has 0 aliphatic carbocycles. The number of hydrogen-bond acceptors (Lipinski definition) is 4. The van der Waals surface area contributed by atoms with E-state index < -0.39 is 32.9 Å². The lowest BCUT2D eigenvalue weighted by Gasteiger charge is -2.23. The van der Waals surface area contributed by atoms with Crippen LogP contribution in [0.4, 0.5) is 0 Å². The van der Waals surface area contributed by atoms with Crippen molar-refractivity contribution in [2.45, 2.75) is 50.7 Å². The zero-order valence-corrected chi connectivity index (χ0v) is 12.0. The van der Waals surface area contributed by atoms with Crippen molar-refractivity contribution in [1.82, 2.24) is 0 Å². The predicted octanol–water partition coefficient (Wildman–Crippen LogP) is 1.56. The largest absolute Gasteiger partial charge is 0.456 e. The molecule has 0 radical (unpaired) electrons. The van der Waals surface area contributed by atoms with E-state index in [1.54, 1.807) is 0 Å². The number of rotatable bonds is 8. The Hall–Kier alpha value is -0.653. The van der Waals surface area contributed by atoms with Gasteiger partial charge >= 0.3 is 5.97 Å². The van der Waals surface area contributed by atoms with E-state index in [1.807, 2.05) is 0 Å². The fraction of sp³-hybridized carbons (Fsp3) is 0.750. The monoisotopic (exact) mass is 260 g/mol. The lowest BCUT2D eigenvalue weighted by molar-refractivity contribution is -0.151. The molecule has 4 nitrogen and oxygen atoms in total. The maximum Gasteiger partial charge on any atom is 0.330 e. The summed E-state index contributed by atoms with van der Waals surface area (Å²) in [5.74, 6) is -0.560. The smallest absolute Gasteiger partial charge is 0.330 e. The maximum absolute atomic E-state index is 11.1. The molecule has 2 atom stereocenters. The van der Waals surface area contributed by atoms with E-state index >= 15 is 0 Å². The van der Waals surface area contributed by atoms with Gasteiger partial charge in [0.05, 0.1) is 6.61 Å². The predicted molar refractivity (Wildman–Crippen MR) is 70.6 cm³/mol. The summed E-state index contributed by atoms with van der Waals surface area (Å²) in [4.78, 5) is 11.1. The average Bonchev–Trinajstić information content (AvgIpc) is 2.24. The van der Waals surface area contributed by atoms with Crippen LogP contribution < -0.4 is 0 Å². The minimum Gasteiger partial charge on any atom is -0.456 e. The Balaban J connectivity index is 4.20. The standard InChI is InChI=1S/C12H24O4Si/c1-5-12(15)16-11(10(14)9-13)7-6-8-17(2,3)4/h5,10-11,13-14H,1,6-9H2,2-4H3. The first-order chi connectivity index (χ1) is 7.80. The highest BCUT2D eigenvalue weighted by Gasteiger charge is 2.23. The van der Waals surface area contributed by atoms with E-state index in [2.05, 4.69) is 26.2 Å². The topological polar surface area (TPSA) is 66.8 Å². The number of esters is 1. The van der Waals surface area contributed by atoms with E-state index in [-0.39, 0.29) is 0 Å². The van der Waals surface area contributed by atoms with Crippen molar-refractivity contribution in [2.75, 3.05) is 6.61 Å². The van der Waals surface area contributed by atoms with Gasteiger partial charge in [-0.3, -0.25) is 0 Å². The van der Waals surface area contributed by atoms with Crippen molar-refractivity contribution >= 4 is 14.0 Å². The molecular formula is C12H24O4Si. The van der Waals surface area contributed by atoms with E-state index in [1.165, 1.54) is 0 Å². The Bertz CT molecular complexity index is 247. The molecule has 0 aromatic heterocycles. The van der Waals surface area contributed by atoms with Gasteiger partial charge < -0.3 is 14.9 Å². The minimum absolute atomic E-state index is 0.401. The number of aliphatic hydroxyl groups is 2. The molecule has 0 bridgehead atoms. The van der Waals surface area contributed by atoms with Crippen LogP contribution in [-0.4, -0.2) is 43.1 Å². The van der Waals surface area contributed by atoms with Crippen molar-refractivity contribution in [3.63, 3.8) is 0 Å². The molecule has 100 valence electrons. The van der Waals surface area contributed by atoms with Crippen LogP contribution in [0.3, 0.4) is 0 Å². The van der Waals surface area contributed by atoms with Crippen molar-refractivity contribution in [1.29, 1.82) is 0 Å². The summed E-state index contributed by atoms with van der Waals surface area (Å²) in [5.41, 5.74) is 0. The molecule has 0 heterocycles. The van der Waals surface area contributed by atoms with Gasteiger partial charge in [0.2, 0.25) is 0 Å². The summed E-state index contributed by atoms with van der Waals surface area (Å²) in [7, 11) is -1.12. The van der Waals surface area contributed by atoms with Gasteiger partial charge in [0.25, 0.3) is 0 Å². The SMILES string of the molecule is C=CC(=O)OC(CCC[Si](C)(C)C)C(O)CO. The Labute approximate surface area is 104 Å². The molecule has 0 rings (SSSR count). The molecular weight excluding hydrogens is 236 g/mol. The third kappa shape index (κ3) is 8.12. The lowest BCUT2D eigenvalue weighted by atomic mass is 10.1. The van der Waals surface area contributed by atoms with E-state index in [0.29, 0.717) is 6.42 Å². The number of carbonyl (C=O) groups excluding carboxylic acids is 1. The Morgan fingerprint density at radius 3 is 2.47 bits per heavy atom. The van der Waals surface area contributed by atoms with E-state index in [9.17, 15) is 9.90 Å². The zero-order valence-electron chi connectivity index (χ0n) is 11.0. The van der Waals surface area contributed by atoms with E-state index in [4.69, 9.17) is 9.84 Å². The summed E-state index contributed by atoms with van der Waals surface area (Å²) in [6, 6.07) is 1.10. The number of aliphatic hydroxyl groups excluding tert-OH is 2. The highest BCUT2D eigenvalue weighted by atomic mass is 28.3. The Morgan fingerprint density at radius 1 is 1.47 bits per heavy atom.